The van der Waals surface area contributed by atoms with Crippen LogP contribution >= 0.6 is 0 Å². The molecule has 26 heavy (non-hydrogen) atoms. The van der Waals surface area contributed by atoms with Crippen LogP contribution in [-0.4, -0.2) is 15.0 Å². The molecule has 0 saturated carbocycles. The molecule has 0 unspecified atom stereocenters. The zero-order valence-electron chi connectivity index (χ0n) is 13.2. The number of hydrogen-bond acceptors (Lipinski definition) is 2. The highest BCUT2D eigenvalue weighted by atomic mass is 19.4. The highest BCUT2D eigenvalue weighted by Crippen LogP contribution is 2.32. The number of imidazole rings is 1. The number of nitrogens with one attached hydrogen (secondary N) is 1. The molecule has 1 N–H and O–H groups in total. The van der Waals surface area contributed by atoms with Gasteiger partial charge in [0.25, 0.3) is 0 Å². The number of alkyl halides is 3. The van der Waals surface area contributed by atoms with Gasteiger partial charge in [-0.25, -0.2) is 9.97 Å². The number of benzene rings is 2. The summed E-state index contributed by atoms with van der Waals surface area (Å²) in [5.41, 5.74) is 2.39. The van der Waals surface area contributed by atoms with Gasteiger partial charge in [-0.3, -0.25) is 0 Å². The van der Waals surface area contributed by atoms with Crippen molar-refractivity contribution < 1.29 is 17.6 Å². The molecule has 0 aliphatic carbocycles. The van der Waals surface area contributed by atoms with Crippen molar-refractivity contribution in [3.05, 3.63) is 72.3 Å². The van der Waals surface area contributed by atoms with E-state index < -0.39 is 17.7 Å². The van der Waals surface area contributed by atoms with Crippen molar-refractivity contribution >= 4 is 11.0 Å². The van der Waals surface area contributed by atoms with E-state index in [-0.39, 0.29) is 0 Å². The maximum absolute atomic E-state index is 12.9. The largest absolute Gasteiger partial charge is 0.416 e. The molecule has 0 bridgehead atoms. The Morgan fingerprint density at radius 3 is 2.15 bits per heavy atom. The Morgan fingerprint density at radius 2 is 1.50 bits per heavy atom. The normalized spacial score (nSPS) is 11.8. The van der Waals surface area contributed by atoms with Crippen molar-refractivity contribution in [1.82, 2.24) is 15.0 Å². The molecule has 2 heterocycles. The molecule has 4 aromatic rings. The number of H-pyrrole nitrogens is 1. The summed E-state index contributed by atoms with van der Waals surface area (Å²) in [5.74, 6) is -0.0750. The predicted molar refractivity (Wildman–Crippen MR) is 89.7 cm³/mol. The van der Waals surface area contributed by atoms with E-state index in [9.17, 15) is 17.6 Å². The Bertz CT molecular complexity index is 1060. The summed E-state index contributed by atoms with van der Waals surface area (Å²) in [6, 6.07) is 13.5. The van der Waals surface area contributed by atoms with Crippen molar-refractivity contribution in [2.45, 2.75) is 6.18 Å². The Labute approximate surface area is 145 Å². The quantitative estimate of drug-likeness (QED) is 0.383. The third-order valence-electron chi connectivity index (χ3n) is 4.03. The number of rotatable bonds is 2. The second kappa shape index (κ2) is 5.94. The molecule has 2 aromatic carbocycles. The molecule has 2 aromatic heterocycles. The van der Waals surface area contributed by atoms with Crippen molar-refractivity contribution in [3.8, 4) is 22.5 Å². The van der Waals surface area contributed by atoms with E-state index >= 15 is 0 Å². The number of aromatic nitrogens is 3. The summed E-state index contributed by atoms with van der Waals surface area (Å²) in [4.78, 5) is 10.9. The van der Waals surface area contributed by atoms with Gasteiger partial charge in [0, 0.05) is 17.3 Å². The van der Waals surface area contributed by atoms with Gasteiger partial charge in [-0.15, -0.1) is 0 Å². The van der Waals surface area contributed by atoms with E-state index in [2.05, 4.69) is 15.0 Å². The molecule has 0 aliphatic rings. The molecule has 130 valence electrons. The zero-order chi connectivity index (χ0) is 18.3. The molecule has 3 nitrogen and oxygen atoms in total. The van der Waals surface area contributed by atoms with Crippen molar-refractivity contribution in [1.29, 1.82) is 0 Å². The topological polar surface area (TPSA) is 41.6 Å². The fourth-order valence-corrected chi connectivity index (χ4v) is 2.69. The highest BCUT2D eigenvalue weighted by molar-refractivity contribution is 5.80. The predicted octanol–water partition coefficient (Wildman–Crippen LogP) is 5.45. The maximum Gasteiger partial charge on any atom is 0.416 e. The van der Waals surface area contributed by atoms with E-state index in [4.69, 9.17) is 0 Å². The molecular weight excluding hydrogens is 346 g/mol. The average molecular weight is 357 g/mol. The van der Waals surface area contributed by atoms with Crippen LogP contribution in [0.15, 0.2) is 60.8 Å². The van der Waals surface area contributed by atoms with Crippen LogP contribution < -0.4 is 0 Å². The van der Waals surface area contributed by atoms with E-state index in [0.29, 0.717) is 16.9 Å². The van der Waals surface area contributed by atoms with Crippen LogP contribution in [0.3, 0.4) is 0 Å². The fourth-order valence-electron chi connectivity index (χ4n) is 2.69. The van der Waals surface area contributed by atoms with Gasteiger partial charge in [0.2, 0.25) is 5.95 Å². The van der Waals surface area contributed by atoms with Crippen molar-refractivity contribution in [2.75, 3.05) is 0 Å². The summed E-state index contributed by atoms with van der Waals surface area (Å²) in [6.45, 7) is 0. The first-order valence-corrected chi connectivity index (χ1v) is 7.69. The van der Waals surface area contributed by atoms with Gasteiger partial charge in [0.15, 0.2) is 0 Å². The summed E-state index contributed by atoms with van der Waals surface area (Å²) in [6.07, 6.45) is -2.96. The number of fused-ring (bicyclic) bond motifs is 1. The lowest BCUT2D eigenvalue weighted by Crippen LogP contribution is -2.04. The van der Waals surface area contributed by atoms with Gasteiger partial charge in [-0.2, -0.15) is 17.6 Å². The Morgan fingerprint density at radius 1 is 0.808 bits per heavy atom. The number of halogens is 4. The van der Waals surface area contributed by atoms with Gasteiger partial charge in [-0.05, 0) is 35.9 Å². The molecule has 7 heteroatoms. The molecule has 0 saturated heterocycles. The van der Waals surface area contributed by atoms with E-state index in [1.807, 2.05) is 12.1 Å². The van der Waals surface area contributed by atoms with E-state index in [1.54, 1.807) is 18.2 Å². The van der Waals surface area contributed by atoms with Crippen LogP contribution in [0.4, 0.5) is 17.6 Å². The number of pyridine rings is 1. The minimum Gasteiger partial charge on any atom is -0.338 e. The van der Waals surface area contributed by atoms with Crippen molar-refractivity contribution in [2.24, 2.45) is 0 Å². The number of aromatic amines is 1. The lowest BCUT2D eigenvalue weighted by molar-refractivity contribution is -0.137. The smallest absolute Gasteiger partial charge is 0.338 e. The van der Waals surface area contributed by atoms with E-state index in [0.717, 1.165) is 28.8 Å². The Hall–Kier alpha value is -3.22. The van der Waals surface area contributed by atoms with Crippen LogP contribution in [0.25, 0.3) is 33.5 Å². The Kier molecular flexibility index (Phi) is 3.72. The van der Waals surface area contributed by atoms with Crippen molar-refractivity contribution in [3.63, 3.8) is 0 Å². The molecule has 0 spiro atoms. The molecule has 4 rings (SSSR count). The fraction of sp³-hybridized carbons (Fsp3) is 0.0526. The second-order valence-corrected chi connectivity index (χ2v) is 5.76. The molecular formula is C19H11F4N3. The van der Waals surface area contributed by atoms with Gasteiger partial charge in [0.1, 0.15) is 5.82 Å². The first-order chi connectivity index (χ1) is 12.4. The molecule has 0 fully saturated rings. The molecule has 0 atom stereocenters. The number of nitrogens with zero attached hydrogens (tertiary/aromatic N) is 2. The minimum absolute atomic E-state index is 0.321. The molecule has 0 aliphatic heterocycles. The summed E-state index contributed by atoms with van der Waals surface area (Å²) in [7, 11) is 0. The first-order valence-electron chi connectivity index (χ1n) is 7.69. The van der Waals surface area contributed by atoms with E-state index in [1.165, 1.54) is 18.3 Å². The van der Waals surface area contributed by atoms with Crippen LogP contribution in [-0.2, 0) is 6.18 Å². The monoisotopic (exact) mass is 357 g/mol. The maximum atomic E-state index is 12.9. The standard InChI is InChI=1S/C19H11F4N3/c20-17-8-5-13(10-24-17)11-1-3-12(4-2-11)18-25-15-7-6-14(19(21,22)23)9-16(15)26-18/h1-10H,(H,25,26). The summed E-state index contributed by atoms with van der Waals surface area (Å²) >= 11 is 0. The van der Waals surface area contributed by atoms with Crippen LogP contribution in [0.5, 0.6) is 0 Å². The summed E-state index contributed by atoms with van der Waals surface area (Å²) < 4.78 is 51.3. The summed E-state index contributed by atoms with van der Waals surface area (Å²) in [5, 5.41) is 0. The van der Waals surface area contributed by atoms with Gasteiger partial charge in [-0.1, -0.05) is 24.3 Å². The number of hydrogen-bond donors (Lipinski definition) is 1. The highest BCUT2D eigenvalue weighted by Gasteiger charge is 2.30. The third kappa shape index (κ3) is 3.03. The zero-order valence-corrected chi connectivity index (χ0v) is 13.2. The molecule has 0 amide bonds. The lowest BCUT2D eigenvalue weighted by Gasteiger charge is -2.05. The van der Waals surface area contributed by atoms with Gasteiger partial charge < -0.3 is 4.98 Å². The Balaban J connectivity index is 1.68. The van der Waals surface area contributed by atoms with Gasteiger partial charge >= 0.3 is 6.18 Å². The third-order valence-corrected chi connectivity index (χ3v) is 4.03. The van der Waals surface area contributed by atoms with Crippen LogP contribution in [0, 0.1) is 5.95 Å². The SMILES string of the molecule is Fc1ccc(-c2ccc(-c3nc4ccc(C(F)(F)F)cc4[nH]3)cc2)cn1. The molecule has 0 radical (unpaired) electrons. The van der Waals surface area contributed by atoms with Crippen LogP contribution in [0.2, 0.25) is 0 Å². The first kappa shape index (κ1) is 16.3. The van der Waals surface area contributed by atoms with Crippen LogP contribution in [0.1, 0.15) is 5.56 Å². The van der Waals surface area contributed by atoms with Gasteiger partial charge in [0.05, 0.1) is 16.6 Å². The lowest BCUT2D eigenvalue weighted by atomic mass is 10.1. The second-order valence-electron chi connectivity index (χ2n) is 5.76. The average Bonchev–Trinajstić information content (AvgIpc) is 3.05. The minimum atomic E-state index is -4.40.